The summed E-state index contributed by atoms with van der Waals surface area (Å²) in [6, 6.07) is 5.02. The van der Waals surface area contributed by atoms with E-state index >= 15 is 0 Å². The predicted octanol–water partition coefficient (Wildman–Crippen LogP) is 2.17. The number of rotatable bonds is 3. The number of H-pyrrole nitrogens is 1. The number of pyridine rings is 1. The molecule has 26 heavy (non-hydrogen) atoms. The largest absolute Gasteiger partial charge is 0.573 e. The van der Waals surface area contributed by atoms with Gasteiger partial charge in [0.1, 0.15) is 34.8 Å². The maximum absolute atomic E-state index is 12.6. The number of ether oxygens (including phenoxy) is 1. The number of nitriles is 2. The molecule has 12 heteroatoms. The minimum atomic E-state index is -5.17. The summed E-state index contributed by atoms with van der Waals surface area (Å²) < 4.78 is 41.7. The van der Waals surface area contributed by atoms with Crippen molar-refractivity contribution in [2.75, 3.05) is 5.73 Å². The summed E-state index contributed by atoms with van der Waals surface area (Å²) in [6.45, 7) is 0. The van der Waals surface area contributed by atoms with Crippen molar-refractivity contribution in [2.24, 2.45) is 0 Å². The number of benzene rings is 1. The van der Waals surface area contributed by atoms with Gasteiger partial charge in [-0.25, -0.2) is 0 Å². The van der Waals surface area contributed by atoms with Crippen LogP contribution in [0.1, 0.15) is 11.1 Å². The van der Waals surface area contributed by atoms with Gasteiger partial charge >= 0.3 is 6.36 Å². The second-order valence-corrected chi connectivity index (χ2v) is 4.70. The van der Waals surface area contributed by atoms with Gasteiger partial charge in [0.2, 0.25) is 0 Å². The third-order valence-electron chi connectivity index (χ3n) is 3.14. The minimum Gasteiger partial charge on any atom is -0.405 e. The summed E-state index contributed by atoms with van der Waals surface area (Å²) in [4.78, 5) is 23.9. The maximum atomic E-state index is 12.6. The molecule has 2 rings (SSSR count). The molecule has 1 aromatic carbocycles. The van der Waals surface area contributed by atoms with E-state index in [1.54, 1.807) is 6.07 Å². The van der Waals surface area contributed by atoms with Crippen LogP contribution in [-0.4, -0.2) is 16.3 Å². The Morgan fingerprint density at radius 3 is 2.35 bits per heavy atom. The van der Waals surface area contributed by atoms with Gasteiger partial charge in [0.25, 0.3) is 11.2 Å². The van der Waals surface area contributed by atoms with E-state index in [9.17, 15) is 33.3 Å². The quantitative estimate of drug-likeness (QED) is 0.622. The predicted molar refractivity (Wildman–Crippen MR) is 79.7 cm³/mol. The van der Waals surface area contributed by atoms with Gasteiger partial charge in [0.05, 0.1) is 4.92 Å². The lowest BCUT2D eigenvalue weighted by molar-refractivity contribution is -0.384. The molecule has 0 aliphatic heterocycles. The van der Waals surface area contributed by atoms with Gasteiger partial charge in [0, 0.05) is 23.3 Å². The molecule has 1 heterocycles. The average molecular weight is 365 g/mol. The zero-order chi connectivity index (χ0) is 19.6. The molecule has 0 unspecified atom stereocenters. The normalized spacial score (nSPS) is 10.7. The standard InChI is InChI=1S/C14H6F3N5O4/c15-14(16,17)26-10-2-1-6(22(24)25)3-7(10)11-8(4-18)12(20)21-13(23)9(11)5-19/h1-3H,(H3,20,21,23). The number of nitrogens with one attached hydrogen (secondary N) is 1. The van der Waals surface area contributed by atoms with Gasteiger partial charge < -0.3 is 15.5 Å². The van der Waals surface area contributed by atoms with Crippen molar-refractivity contribution in [1.29, 1.82) is 10.5 Å². The first kappa shape index (κ1) is 18.3. The molecule has 2 aromatic rings. The van der Waals surface area contributed by atoms with Crippen LogP contribution in [0, 0.1) is 32.8 Å². The molecule has 0 atom stereocenters. The van der Waals surface area contributed by atoms with Crippen molar-refractivity contribution in [2.45, 2.75) is 6.36 Å². The number of nitro groups is 1. The van der Waals surface area contributed by atoms with Gasteiger partial charge in [-0.05, 0) is 6.07 Å². The van der Waals surface area contributed by atoms with Crippen LogP contribution in [0.25, 0.3) is 11.1 Å². The van der Waals surface area contributed by atoms with Crippen LogP contribution in [0.2, 0.25) is 0 Å². The van der Waals surface area contributed by atoms with Gasteiger partial charge in [-0.2, -0.15) is 10.5 Å². The number of non-ortho nitro benzene ring substituents is 1. The van der Waals surface area contributed by atoms with Crippen LogP contribution >= 0.6 is 0 Å². The number of nitrogen functional groups attached to an aromatic ring is 1. The molecule has 132 valence electrons. The van der Waals surface area contributed by atoms with Crippen molar-refractivity contribution >= 4 is 11.5 Å². The second-order valence-electron chi connectivity index (χ2n) is 4.70. The van der Waals surface area contributed by atoms with E-state index in [0.29, 0.717) is 12.1 Å². The SMILES string of the molecule is N#Cc1c(N)[nH]c(=O)c(C#N)c1-c1cc([N+](=O)[O-])ccc1OC(F)(F)F. The maximum Gasteiger partial charge on any atom is 0.573 e. The lowest BCUT2D eigenvalue weighted by atomic mass is 9.95. The fourth-order valence-corrected chi connectivity index (χ4v) is 2.15. The van der Waals surface area contributed by atoms with E-state index in [1.807, 2.05) is 4.98 Å². The first-order valence-electron chi connectivity index (χ1n) is 6.49. The molecule has 0 spiro atoms. The molecule has 0 aliphatic carbocycles. The molecule has 3 N–H and O–H groups in total. The van der Waals surface area contributed by atoms with Crippen LogP contribution < -0.4 is 16.0 Å². The lowest BCUT2D eigenvalue weighted by Gasteiger charge is -2.15. The molecule has 9 nitrogen and oxygen atoms in total. The summed E-state index contributed by atoms with van der Waals surface area (Å²) in [7, 11) is 0. The first-order chi connectivity index (χ1) is 12.1. The highest BCUT2D eigenvalue weighted by molar-refractivity contribution is 5.84. The van der Waals surface area contributed by atoms with Crippen LogP contribution in [0.4, 0.5) is 24.7 Å². The summed E-state index contributed by atoms with van der Waals surface area (Å²) in [5, 5.41) is 29.3. The van der Waals surface area contributed by atoms with E-state index in [1.165, 1.54) is 6.07 Å². The number of aromatic nitrogens is 1. The van der Waals surface area contributed by atoms with Gasteiger partial charge in [0.15, 0.2) is 0 Å². The molecular formula is C14H6F3N5O4. The number of nitrogens with zero attached hydrogens (tertiary/aromatic N) is 3. The molecule has 0 aliphatic rings. The number of hydrogen-bond acceptors (Lipinski definition) is 7. The molecule has 0 saturated carbocycles. The van der Waals surface area contributed by atoms with Crippen LogP contribution in [0.5, 0.6) is 5.75 Å². The lowest BCUT2D eigenvalue weighted by Crippen LogP contribution is -2.19. The second kappa shape index (κ2) is 6.45. The molecule has 0 fully saturated rings. The Balaban J connectivity index is 2.97. The Bertz CT molecular complexity index is 1050. The minimum absolute atomic E-state index is 0.518. The van der Waals surface area contributed by atoms with E-state index < -0.39 is 56.4 Å². The van der Waals surface area contributed by atoms with Crippen molar-refractivity contribution in [3.05, 3.63) is 49.8 Å². The van der Waals surface area contributed by atoms with E-state index in [4.69, 9.17) is 11.0 Å². The number of nitrogens with two attached hydrogens (primary N) is 1. The Hall–Kier alpha value is -4.06. The highest BCUT2D eigenvalue weighted by atomic mass is 19.4. The fourth-order valence-electron chi connectivity index (χ4n) is 2.15. The molecule has 0 bridgehead atoms. The van der Waals surface area contributed by atoms with Crippen molar-refractivity contribution in [3.8, 4) is 29.0 Å². The highest BCUT2D eigenvalue weighted by Crippen LogP contribution is 2.39. The molecule has 0 amide bonds. The molecule has 1 aromatic heterocycles. The van der Waals surface area contributed by atoms with Gasteiger partial charge in [-0.15, -0.1) is 13.2 Å². The zero-order valence-corrected chi connectivity index (χ0v) is 12.4. The van der Waals surface area contributed by atoms with Crippen molar-refractivity contribution < 1.29 is 22.8 Å². The summed E-state index contributed by atoms with van der Waals surface area (Å²) >= 11 is 0. The van der Waals surface area contributed by atoms with E-state index in [0.717, 1.165) is 6.07 Å². The zero-order valence-electron chi connectivity index (χ0n) is 12.4. The summed E-state index contributed by atoms with van der Waals surface area (Å²) in [5.74, 6) is -1.46. The van der Waals surface area contributed by atoms with E-state index in [2.05, 4.69) is 4.74 Å². The number of aromatic amines is 1. The Kier molecular flexibility index (Phi) is 4.53. The Labute approximate surface area is 141 Å². The van der Waals surface area contributed by atoms with Crippen molar-refractivity contribution in [1.82, 2.24) is 4.98 Å². The number of nitro benzene ring substituents is 1. The first-order valence-corrected chi connectivity index (χ1v) is 6.49. The average Bonchev–Trinajstić information content (AvgIpc) is 2.53. The monoisotopic (exact) mass is 365 g/mol. The Morgan fingerprint density at radius 1 is 1.23 bits per heavy atom. The van der Waals surface area contributed by atoms with Crippen molar-refractivity contribution in [3.63, 3.8) is 0 Å². The number of anilines is 1. The van der Waals surface area contributed by atoms with Crippen LogP contribution in [0.3, 0.4) is 0 Å². The smallest absolute Gasteiger partial charge is 0.405 e. The third kappa shape index (κ3) is 3.39. The highest BCUT2D eigenvalue weighted by Gasteiger charge is 2.34. The van der Waals surface area contributed by atoms with Crippen LogP contribution in [-0.2, 0) is 0 Å². The number of hydrogen-bond donors (Lipinski definition) is 2. The molecule has 0 saturated heterocycles. The van der Waals surface area contributed by atoms with Gasteiger partial charge in [-0.1, -0.05) is 0 Å². The summed E-state index contributed by atoms with van der Waals surface area (Å²) in [6.07, 6.45) is -5.17. The third-order valence-corrected chi connectivity index (χ3v) is 3.14. The van der Waals surface area contributed by atoms with Gasteiger partial charge in [-0.3, -0.25) is 14.9 Å². The fraction of sp³-hybridized carbons (Fsp3) is 0.0714. The van der Waals surface area contributed by atoms with E-state index in [-0.39, 0.29) is 0 Å². The number of alkyl halides is 3. The Morgan fingerprint density at radius 2 is 1.85 bits per heavy atom. The number of halogens is 3. The topological polar surface area (TPSA) is 159 Å². The van der Waals surface area contributed by atoms with Crippen LogP contribution in [0.15, 0.2) is 23.0 Å². The summed E-state index contributed by atoms with van der Waals surface area (Å²) in [5.41, 5.74) is 1.22. The molecule has 0 radical (unpaired) electrons. The molecular weight excluding hydrogens is 359 g/mol.